The molecular formula is C6H10N4OS. The predicted octanol–water partition coefficient (Wildman–Crippen LogP) is -0.278. The van der Waals surface area contributed by atoms with Crippen LogP contribution in [0.25, 0.3) is 0 Å². The summed E-state index contributed by atoms with van der Waals surface area (Å²) in [6, 6.07) is -0.359. The molecular weight excluding hydrogens is 176 g/mol. The molecule has 4 N–H and O–H groups in total. The molecule has 1 atom stereocenters. The van der Waals surface area contributed by atoms with Crippen LogP contribution in [0.5, 0.6) is 0 Å². The lowest BCUT2D eigenvalue weighted by Gasteiger charge is -2.05. The normalized spacial score (nSPS) is 12.8. The van der Waals surface area contributed by atoms with Crippen LogP contribution in [0.15, 0.2) is 0 Å². The van der Waals surface area contributed by atoms with Crippen LogP contribution in [0.4, 0.5) is 0 Å². The van der Waals surface area contributed by atoms with Crippen LogP contribution in [-0.4, -0.2) is 15.5 Å². The van der Waals surface area contributed by atoms with E-state index in [1.165, 1.54) is 11.5 Å². The molecule has 0 aromatic carbocycles. The number of carbonyl (C=O) groups excluding carboxylic acids is 1. The Labute approximate surface area is 73.9 Å². The van der Waals surface area contributed by atoms with E-state index < -0.39 is 5.91 Å². The molecule has 1 rings (SSSR count). The molecule has 1 amide bonds. The van der Waals surface area contributed by atoms with Crippen LogP contribution in [0.3, 0.4) is 0 Å². The minimum Gasteiger partial charge on any atom is -0.370 e. The molecule has 12 heavy (non-hydrogen) atoms. The van der Waals surface area contributed by atoms with Gasteiger partial charge in [0.15, 0.2) is 0 Å². The molecule has 0 fully saturated rings. The standard InChI is InChI=1S/C6H10N4OS/c1-3-6(12-10-9-3)4(7)2-5(8)11/h4H,2,7H2,1H3,(H2,8,11). The topological polar surface area (TPSA) is 94.9 Å². The highest BCUT2D eigenvalue weighted by Crippen LogP contribution is 2.19. The minimum atomic E-state index is -0.407. The monoisotopic (exact) mass is 186 g/mol. The lowest BCUT2D eigenvalue weighted by Crippen LogP contribution is -2.20. The number of aromatic nitrogens is 2. The zero-order valence-corrected chi connectivity index (χ0v) is 7.47. The Morgan fingerprint density at radius 2 is 2.42 bits per heavy atom. The summed E-state index contributed by atoms with van der Waals surface area (Å²) in [4.78, 5) is 11.3. The van der Waals surface area contributed by atoms with Crippen LogP contribution >= 0.6 is 11.5 Å². The molecule has 1 aromatic rings. The molecule has 1 heterocycles. The van der Waals surface area contributed by atoms with Gasteiger partial charge in [0.1, 0.15) is 0 Å². The summed E-state index contributed by atoms with van der Waals surface area (Å²) in [6.45, 7) is 1.81. The largest absolute Gasteiger partial charge is 0.370 e. The molecule has 6 heteroatoms. The molecule has 0 aliphatic rings. The van der Waals surface area contributed by atoms with Gasteiger partial charge in [-0.1, -0.05) is 4.49 Å². The van der Waals surface area contributed by atoms with Crippen molar-refractivity contribution in [3.05, 3.63) is 10.6 Å². The zero-order valence-electron chi connectivity index (χ0n) is 6.65. The number of amides is 1. The maximum absolute atomic E-state index is 10.5. The zero-order chi connectivity index (χ0) is 9.14. The molecule has 0 saturated carbocycles. The van der Waals surface area contributed by atoms with E-state index in [0.29, 0.717) is 0 Å². The van der Waals surface area contributed by atoms with Crippen molar-refractivity contribution in [3.63, 3.8) is 0 Å². The van der Waals surface area contributed by atoms with Gasteiger partial charge in [-0.25, -0.2) is 0 Å². The van der Waals surface area contributed by atoms with E-state index in [0.717, 1.165) is 10.6 Å². The van der Waals surface area contributed by atoms with Crippen LogP contribution in [0.1, 0.15) is 23.0 Å². The van der Waals surface area contributed by atoms with Crippen molar-refractivity contribution >= 4 is 17.4 Å². The smallest absolute Gasteiger partial charge is 0.219 e. The van der Waals surface area contributed by atoms with Gasteiger partial charge in [-0.3, -0.25) is 4.79 Å². The molecule has 1 unspecified atom stereocenters. The molecule has 1 aromatic heterocycles. The first-order valence-electron chi connectivity index (χ1n) is 3.44. The molecule has 0 bridgehead atoms. The van der Waals surface area contributed by atoms with Gasteiger partial charge in [-0.15, -0.1) is 5.10 Å². The van der Waals surface area contributed by atoms with Crippen molar-refractivity contribution in [2.45, 2.75) is 19.4 Å². The second-order valence-electron chi connectivity index (χ2n) is 2.50. The Morgan fingerprint density at radius 1 is 1.75 bits per heavy atom. The van der Waals surface area contributed by atoms with Gasteiger partial charge in [0, 0.05) is 6.42 Å². The van der Waals surface area contributed by atoms with Gasteiger partial charge >= 0.3 is 0 Å². The van der Waals surface area contributed by atoms with Crippen LogP contribution in [0, 0.1) is 6.92 Å². The number of nitrogens with two attached hydrogens (primary N) is 2. The van der Waals surface area contributed by atoms with E-state index in [9.17, 15) is 4.79 Å². The Hall–Kier alpha value is -1.01. The molecule has 0 saturated heterocycles. The first-order chi connectivity index (χ1) is 5.61. The summed E-state index contributed by atoms with van der Waals surface area (Å²) in [5.41, 5.74) is 11.4. The maximum atomic E-state index is 10.5. The summed E-state index contributed by atoms with van der Waals surface area (Å²) >= 11 is 1.21. The van der Waals surface area contributed by atoms with Gasteiger partial charge in [-0.05, 0) is 18.5 Å². The summed E-state index contributed by atoms with van der Waals surface area (Å²) in [5, 5.41) is 3.78. The van der Waals surface area contributed by atoms with E-state index in [2.05, 4.69) is 9.59 Å². The van der Waals surface area contributed by atoms with Crippen molar-refractivity contribution in [2.24, 2.45) is 11.5 Å². The van der Waals surface area contributed by atoms with E-state index in [1.54, 1.807) is 6.92 Å². The number of hydrogen-bond donors (Lipinski definition) is 2. The van der Waals surface area contributed by atoms with Crippen molar-refractivity contribution in [2.75, 3.05) is 0 Å². The van der Waals surface area contributed by atoms with E-state index in [4.69, 9.17) is 11.5 Å². The van der Waals surface area contributed by atoms with Crippen LogP contribution in [0.2, 0.25) is 0 Å². The Kier molecular flexibility index (Phi) is 2.72. The third-order valence-corrected chi connectivity index (χ3v) is 2.40. The Balaban J connectivity index is 2.71. The number of hydrogen-bond acceptors (Lipinski definition) is 5. The third kappa shape index (κ3) is 1.99. The SMILES string of the molecule is Cc1nnsc1C(N)CC(N)=O. The molecule has 0 radical (unpaired) electrons. The fourth-order valence-corrected chi connectivity index (χ4v) is 1.53. The van der Waals surface area contributed by atoms with Gasteiger partial charge in [0.2, 0.25) is 5.91 Å². The average Bonchev–Trinajstić information content (AvgIpc) is 2.33. The quantitative estimate of drug-likeness (QED) is 0.678. The molecule has 66 valence electrons. The second kappa shape index (κ2) is 3.59. The first-order valence-corrected chi connectivity index (χ1v) is 4.21. The van der Waals surface area contributed by atoms with Gasteiger partial charge in [0.05, 0.1) is 16.6 Å². The van der Waals surface area contributed by atoms with Gasteiger partial charge < -0.3 is 11.5 Å². The summed E-state index contributed by atoms with van der Waals surface area (Å²) in [7, 11) is 0. The maximum Gasteiger partial charge on any atom is 0.219 e. The van der Waals surface area contributed by atoms with E-state index >= 15 is 0 Å². The molecule has 0 aliphatic heterocycles. The summed E-state index contributed by atoms with van der Waals surface area (Å²) in [5.74, 6) is -0.407. The van der Waals surface area contributed by atoms with Crippen molar-refractivity contribution in [1.82, 2.24) is 9.59 Å². The highest BCUT2D eigenvalue weighted by Gasteiger charge is 2.14. The number of aryl methyl sites for hydroxylation is 1. The molecule has 0 aliphatic carbocycles. The molecule has 5 nitrogen and oxygen atoms in total. The lowest BCUT2D eigenvalue weighted by atomic mass is 10.1. The van der Waals surface area contributed by atoms with Crippen LogP contribution < -0.4 is 11.5 Å². The third-order valence-electron chi connectivity index (χ3n) is 1.44. The number of carbonyl (C=O) groups is 1. The van der Waals surface area contributed by atoms with Gasteiger partial charge in [0.25, 0.3) is 0 Å². The fraction of sp³-hybridized carbons (Fsp3) is 0.500. The van der Waals surface area contributed by atoms with Crippen molar-refractivity contribution in [1.29, 1.82) is 0 Å². The van der Waals surface area contributed by atoms with E-state index in [1.807, 2.05) is 0 Å². The minimum absolute atomic E-state index is 0.144. The highest BCUT2D eigenvalue weighted by atomic mass is 32.1. The second-order valence-corrected chi connectivity index (χ2v) is 3.29. The number of primary amides is 1. The number of nitrogens with zero attached hydrogens (tertiary/aromatic N) is 2. The van der Waals surface area contributed by atoms with Crippen molar-refractivity contribution in [3.8, 4) is 0 Å². The van der Waals surface area contributed by atoms with E-state index in [-0.39, 0.29) is 12.5 Å². The first kappa shape index (κ1) is 9.08. The van der Waals surface area contributed by atoms with Crippen molar-refractivity contribution < 1.29 is 4.79 Å². The fourth-order valence-electron chi connectivity index (χ4n) is 0.886. The van der Waals surface area contributed by atoms with Crippen LogP contribution in [-0.2, 0) is 4.79 Å². The Morgan fingerprint density at radius 3 is 2.83 bits per heavy atom. The summed E-state index contributed by atoms with van der Waals surface area (Å²) < 4.78 is 3.71. The highest BCUT2D eigenvalue weighted by molar-refractivity contribution is 7.05. The van der Waals surface area contributed by atoms with Gasteiger partial charge in [-0.2, -0.15) is 0 Å². The number of rotatable bonds is 3. The lowest BCUT2D eigenvalue weighted by molar-refractivity contribution is -0.118. The average molecular weight is 186 g/mol. The predicted molar refractivity (Wildman–Crippen MR) is 45.4 cm³/mol. The molecule has 0 spiro atoms. The summed E-state index contributed by atoms with van der Waals surface area (Å²) in [6.07, 6.45) is 0.144. The Bertz CT molecular complexity index is 285.